The molecule has 0 atom stereocenters. The second-order valence-electron chi connectivity index (χ2n) is 8.77. The Morgan fingerprint density at radius 1 is 1.11 bits per heavy atom. The van der Waals surface area contributed by atoms with E-state index in [-0.39, 0.29) is 5.91 Å². The van der Waals surface area contributed by atoms with Gasteiger partial charge in [-0.3, -0.25) is 4.79 Å². The fraction of sp³-hybridized carbons (Fsp3) is 0.222. The van der Waals surface area contributed by atoms with Gasteiger partial charge in [-0.25, -0.2) is 4.98 Å². The Labute approximate surface area is 228 Å². The van der Waals surface area contributed by atoms with Crippen LogP contribution in [-0.4, -0.2) is 45.0 Å². The molecule has 1 saturated heterocycles. The van der Waals surface area contributed by atoms with Gasteiger partial charge >= 0.3 is 0 Å². The molecule has 0 saturated carbocycles. The van der Waals surface area contributed by atoms with Crippen LogP contribution in [0.15, 0.2) is 71.3 Å². The van der Waals surface area contributed by atoms with E-state index in [2.05, 4.69) is 26.3 Å². The Kier molecular flexibility index (Phi) is 7.60. The van der Waals surface area contributed by atoms with Gasteiger partial charge in [-0.1, -0.05) is 53.5 Å². The van der Waals surface area contributed by atoms with Crippen molar-refractivity contribution in [2.24, 2.45) is 5.92 Å². The Morgan fingerprint density at radius 2 is 1.92 bits per heavy atom. The molecule has 2 aromatic heterocycles. The number of nitrogens with one attached hydrogen (secondary N) is 1. The van der Waals surface area contributed by atoms with E-state index in [1.807, 2.05) is 65.6 Å². The minimum absolute atomic E-state index is 0.0306. The third-order valence-corrected chi connectivity index (χ3v) is 7.47. The van der Waals surface area contributed by atoms with E-state index >= 15 is 0 Å². The number of anilines is 1. The van der Waals surface area contributed by atoms with Gasteiger partial charge in [0.1, 0.15) is 5.82 Å². The molecule has 1 aliphatic heterocycles. The second kappa shape index (κ2) is 11.0. The fourth-order valence-electron chi connectivity index (χ4n) is 4.36. The SMILES string of the molecule is O=C(C=Cc1cccc(Cl)c1)N1CCC(CNc2cc(-c3ccccc3Cl)nc3c(Br)cnn23)CC1. The molecule has 1 aliphatic rings. The minimum atomic E-state index is 0.0306. The summed E-state index contributed by atoms with van der Waals surface area (Å²) in [4.78, 5) is 19.3. The first kappa shape index (κ1) is 24.8. The Hall–Kier alpha value is -2.87. The lowest BCUT2D eigenvalue weighted by Gasteiger charge is -2.31. The molecule has 9 heteroatoms. The van der Waals surface area contributed by atoms with Gasteiger partial charge in [-0.2, -0.15) is 9.61 Å². The zero-order valence-electron chi connectivity index (χ0n) is 19.4. The molecule has 5 rings (SSSR count). The van der Waals surface area contributed by atoms with Crippen LogP contribution in [0.25, 0.3) is 23.0 Å². The third kappa shape index (κ3) is 5.59. The molecule has 1 amide bonds. The van der Waals surface area contributed by atoms with Crippen molar-refractivity contribution < 1.29 is 4.79 Å². The average Bonchev–Trinajstić information content (AvgIpc) is 3.27. The van der Waals surface area contributed by atoms with Crippen molar-refractivity contribution in [1.29, 1.82) is 0 Å². The van der Waals surface area contributed by atoms with E-state index < -0.39 is 0 Å². The molecule has 0 aliphatic carbocycles. The van der Waals surface area contributed by atoms with Gasteiger partial charge in [0.2, 0.25) is 5.91 Å². The molecule has 2 aromatic carbocycles. The molecular formula is C27H24BrCl2N5O. The first-order chi connectivity index (χ1) is 17.5. The Bertz CT molecular complexity index is 1430. The number of rotatable bonds is 6. The maximum Gasteiger partial charge on any atom is 0.246 e. The van der Waals surface area contributed by atoms with Crippen molar-refractivity contribution in [3.8, 4) is 11.3 Å². The van der Waals surface area contributed by atoms with Gasteiger partial charge in [0.15, 0.2) is 5.65 Å². The summed E-state index contributed by atoms with van der Waals surface area (Å²) in [6.45, 7) is 2.24. The lowest BCUT2D eigenvalue weighted by Crippen LogP contribution is -2.39. The van der Waals surface area contributed by atoms with Crippen molar-refractivity contribution >= 4 is 62.6 Å². The normalized spacial score (nSPS) is 14.6. The molecule has 1 fully saturated rings. The van der Waals surface area contributed by atoms with Gasteiger partial charge in [0.05, 0.1) is 16.4 Å². The number of carbonyl (C=O) groups is 1. The average molecular weight is 585 g/mol. The van der Waals surface area contributed by atoms with Gasteiger partial charge < -0.3 is 10.2 Å². The van der Waals surface area contributed by atoms with Crippen LogP contribution < -0.4 is 5.32 Å². The maximum absolute atomic E-state index is 12.6. The Balaban J connectivity index is 1.23. The molecule has 3 heterocycles. The molecule has 0 spiro atoms. The third-order valence-electron chi connectivity index (χ3n) is 6.34. The summed E-state index contributed by atoms with van der Waals surface area (Å²) >= 11 is 16.0. The standard InChI is InChI=1S/C27H24BrCl2N5O/c28-22-17-32-35-25(15-24(33-27(22)35)21-6-1-2-7-23(21)30)31-16-19-10-12-34(13-11-19)26(36)9-8-18-4-3-5-20(29)14-18/h1-9,14-15,17,19,31H,10-13,16H2. The van der Waals surface area contributed by atoms with Crippen LogP contribution in [0.5, 0.6) is 0 Å². The summed E-state index contributed by atoms with van der Waals surface area (Å²) < 4.78 is 2.61. The highest BCUT2D eigenvalue weighted by Crippen LogP contribution is 2.30. The summed E-state index contributed by atoms with van der Waals surface area (Å²) in [6, 6.07) is 17.1. The van der Waals surface area contributed by atoms with Crippen LogP contribution in [0.1, 0.15) is 18.4 Å². The van der Waals surface area contributed by atoms with Gasteiger partial charge in [-0.05, 0) is 64.5 Å². The number of aromatic nitrogens is 3. The van der Waals surface area contributed by atoms with Crippen LogP contribution in [0, 0.1) is 5.92 Å². The highest BCUT2D eigenvalue weighted by atomic mass is 79.9. The maximum atomic E-state index is 12.6. The number of fused-ring (bicyclic) bond motifs is 1. The topological polar surface area (TPSA) is 62.5 Å². The zero-order valence-corrected chi connectivity index (χ0v) is 22.5. The van der Waals surface area contributed by atoms with Crippen LogP contribution >= 0.6 is 39.1 Å². The highest BCUT2D eigenvalue weighted by Gasteiger charge is 2.22. The monoisotopic (exact) mass is 583 g/mol. The van der Waals surface area contributed by atoms with Crippen molar-refractivity contribution in [2.45, 2.75) is 12.8 Å². The first-order valence-electron chi connectivity index (χ1n) is 11.7. The number of carbonyl (C=O) groups excluding carboxylic acids is 1. The van der Waals surface area contributed by atoms with Crippen LogP contribution in [0.2, 0.25) is 10.0 Å². The van der Waals surface area contributed by atoms with E-state index in [0.717, 1.165) is 65.2 Å². The van der Waals surface area contributed by atoms with Crippen molar-refractivity contribution in [3.63, 3.8) is 0 Å². The van der Waals surface area contributed by atoms with E-state index in [4.69, 9.17) is 28.2 Å². The Morgan fingerprint density at radius 3 is 2.69 bits per heavy atom. The molecule has 6 nitrogen and oxygen atoms in total. The predicted octanol–water partition coefficient (Wildman–Crippen LogP) is 6.83. The molecule has 0 bridgehead atoms. The van der Waals surface area contributed by atoms with Crippen molar-refractivity contribution in [1.82, 2.24) is 19.5 Å². The summed E-state index contributed by atoms with van der Waals surface area (Å²) in [7, 11) is 0. The minimum Gasteiger partial charge on any atom is -0.370 e. The number of halogens is 3. The molecule has 36 heavy (non-hydrogen) atoms. The van der Waals surface area contributed by atoms with Gasteiger partial charge in [0.25, 0.3) is 0 Å². The van der Waals surface area contributed by atoms with Crippen LogP contribution in [0.4, 0.5) is 5.82 Å². The summed E-state index contributed by atoms with van der Waals surface area (Å²) in [6.07, 6.45) is 7.04. The number of hydrogen-bond acceptors (Lipinski definition) is 4. The second-order valence-corrected chi connectivity index (χ2v) is 10.5. The molecule has 0 radical (unpaired) electrons. The molecule has 184 valence electrons. The predicted molar refractivity (Wildman–Crippen MR) is 149 cm³/mol. The summed E-state index contributed by atoms with van der Waals surface area (Å²) in [5.41, 5.74) is 3.29. The number of piperidine rings is 1. The highest BCUT2D eigenvalue weighted by molar-refractivity contribution is 9.10. The fourth-order valence-corrected chi connectivity index (χ4v) is 5.14. The zero-order chi connectivity index (χ0) is 25.1. The number of amides is 1. The van der Waals surface area contributed by atoms with Crippen molar-refractivity contribution in [3.05, 3.63) is 87.0 Å². The number of likely N-dealkylation sites (tertiary alicyclic amines) is 1. The van der Waals surface area contributed by atoms with Gasteiger partial charge in [-0.15, -0.1) is 0 Å². The molecule has 4 aromatic rings. The first-order valence-corrected chi connectivity index (χ1v) is 13.3. The van der Waals surface area contributed by atoms with E-state index in [1.54, 1.807) is 16.8 Å². The van der Waals surface area contributed by atoms with Gasteiger partial charge in [0, 0.05) is 47.4 Å². The van der Waals surface area contributed by atoms with E-state index in [9.17, 15) is 4.79 Å². The van der Waals surface area contributed by atoms with E-state index in [0.29, 0.717) is 16.0 Å². The smallest absolute Gasteiger partial charge is 0.246 e. The lowest BCUT2D eigenvalue weighted by atomic mass is 9.96. The largest absolute Gasteiger partial charge is 0.370 e. The summed E-state index contributed by atoms with van der Waals surface area (Å²) in [5, 5.41) is 9.34. The lowest BCUT2D eigenvalue weighted by molar-refractivity contribution is -0.127. The number of hydrogen-bond donors (Lipinski definition) is 1. The van der Waals surface area contributed by atoms with E-state index in [1.165, 1.54) is 0 Å². The molecule has 1 N–H and O–H groups in total. The molecule has 0 unspecified atom stereocenters. The number of benzene rings is 2. The van der Waals surface area contributed by atoms with Crippen molar-refractivity contribution in [2.75, 3.05) is 25.0 Å². The quantitative estimate of drug-likeness (QED) is 0.252. The van der Waals surface area contributed by atoms with Crippen LogP contribution in [0.3, 0.4) is 0 Å². The molecular weight excluding hydrogens is 561 g/mol. The number of nitrogens with zero attached hydrogens (tertiary/aromatic N) is 4. The summed E-state index contributed by atoms with van der Waals surface area (Å²) in [5.74, 6) is 1.32. The van der Waals surface area contributed by atoms with Crippen LogP contribution in [-0.2, 0) is 4.79 Å².